The van der Waals surface area contributed by atoms with Crippen LogP contribution in [-0.2, 0) is 0 Å². The van der Waals surface area contributed by atoms with Gasteiger partial charge in [-0.05, 0) is 49.1 Å². The van der Waals surface area contributed by atoms with Gasteiger partial charge < -0.3 is 32.2 Å². The highest BCUT2D eigenvalue weighted by Crippen LogP contribution is 2.22. The van der Waals surface area contributed by atoms with E-state index in [9.17, 15) is 0 Å². The third-order valence-corrected chi connectivity index (χ3v) is 4.47. The molecule has 0 radical (unpaired) electrons. The minimum Gasteiger partial charge on any atom is -0.402 e. The first-order chi connectivity index (χ1) is 14.3. The van der Waals surface area contributed by atoms with E-state index in [1.807, 2.05) is 45.2 Å². The monoisotopic (exact) mass is 409 g/mol. The fourth-order valence-corrected chi connectivity index (χ4v) is 2.78. The van der Waals surface area contributed by atoms with Gasteiger partial charge in [0.15, 0.2) is 0 Å². The second-order valence-corrected chi connectivity index (χ2v) is 7.28. The predicted octanol–water partition coefficient (Wildman–Crippen LogP) is 2.17. The molecule has 0 atom stereocenters. The lowest BCUT2D eigenvalue weighted by atomic mass is 10.0. The number of fused-ring (bicyclic) bond motifs is 1. The van der Waals surface area contributed by atoms with Crippen molar-refractivity contribution < 1.29 is 5.11 Å². The molecule has 0 aromatic carbocycles. The number of aliphatic hydroxyl groups excluding tert-OH is 1. The van der Waals surface area contributed by atoms with Crippen molar-refractivity contribution in [3.63, 3.8) is 0 Å². The van der Waals surface area contributed by atoms with E-state index in [4.69, 9.17) is 21.7 Å². The molecule has 0 aliphatic carbocycles. The van der Waals surface area contributed by atoms with Gasteiger partial charge in [-0.3, -0.25) is 10.4 Å². The average molecular weight is 410 g/mol. The van der Waals surface area contributed by atoms with E-state index in [1.165, 1.54) is 6.21 Å². The molecule has 0 saturated heterocycles. The molecule has 2 aliphatic heterocycles. The van der Waals surface area contributed by atoms with E-state index in [1.54, 1.807) is 12.3 Å². The SMILES string of the molecule is CC(N)=C(C=NCCCO)C1=CNC2=CC=C(NC(=N)C=C(C=N)C(C)C)NC2=C1. The summed E-state index contributed by atoms with van der Waals surface area (Å²) < 4.78 is 0. The van der Waals surface area contributed by atoms with E-state index in [0.717, 1.165) is 28.1 Å². The van der Waals surface area contributed by atoms with E-state index < -0.39 is 0 Å². The van der Waals surface area contributed by atoms with Crippen LogP contribution in [0.4, 0.5) is 0 Å². The summed E-state index contributed by atoms with van der Waals surface area (Å²) in [7, 11) is 0. The van der Waals surface area contributed by atoms with Gasteiger partial charge in [0.1, 0.15) is 11.7 Å². The van der Waals surface area contributed by atoms with Crippen LogP contribution in [0.2, 0.25) is 0 Å². The van der Waals surface area contributed by atoms with Crippen LogP contribution >= 0.6 is 0 Å². The molecule has 2 heterocycles. The van der Waals surface area contributed by atoms with Crippen LogP contribution in [0, 0.1) is 16.7 Å². The number of nitrogens with one attached hydrogen (secondary N) is 5. The van der Waals surface area contributed by atoms with Crippen molar-refractivity contribution in [2.45, 2.75) is 27.2 Å². The van der Waals surface area contributed by atoms with E-state index in [-0.39, 0.29) is 18.4 Å². The summed E-state index contributed by atoms with van der Waals surface area (Å²) in [4.78, 5) is 4.33. The molecule has 8 nitrogen and oxygen atoms in total. The van der Waals surface area contributed by atoms with Crippen molar-refractivity contribution in [1.82, 2.24) is 16.0 Å². The van der Waals surface area contributed by atoms with Crippen molar-refractivity contribution >= 4 is 18.3 Å². The molecule has 0 unspecified atom stereocenters. The Hall–Kier alpha value is -3.39. The average Bonchev–Trinajstić information content (AvgIpc) is 2.71. The lowest BCUT2D eigenvalue weighted by Crippen LogP contribution is -2.34. The smallest absolute Gasteiger partial charge is 0.123 e. The maximum atomic E-state index is 8.90. The van der Waals surface area contributed by atoms with Gasteiger partial charge in [-0.25, -0.2) is 0 Å². The Morgan fingerprint density at radius 2 is 2.10 bits per heavy atom. The van der Waals surface area contributed by atoms with Crippen LogP contribution in [0.25, 0.3) is 0 Å². The highest BCUT2D eigenvalue weighted by Gasteiger charge is 2.17. The Kier molecular flexibility index (Phi) is 8.37. The first-order valence-electron chi connectivity index (χ1n) is 9.88. The molecule has 0 spiro atoms. The summed E-state index contributed by atoms with van der Waals surface area (Å²) in [5, 5.41) is 34.1. The van der Waals surface area contributed by atoms with Crippen molar-refractivity contribution in [2.75, 3.05) is 13.2 Å². The van der Waals surface area contributed by atoms with E-state index in [2.05, 4.69) is 20.9 Å². The predicted molar refractivity (Wildman–Crippen MR) is 123 cm³/mol. The fraction of sp³-hybridized carbons (Fsp3) is 0.318. The second-order valence-electron chi connectivity index (χ2n) is 7.28. The molecule has 0 amide bonds. The minimum absolute atomic E-state index is 0.106. The zero-order chi connectivity index (χ0) is 22.1. The normalized spacial score (nSPS) is 17.0. The second kappa shape index (κ2) is 11.0. The molecule has 0 fully saturated rings. The van der Waals surface area contributed by atoms with Gasteiger partial charge in [0.25, 0.3) is 0 Å². The van der Waals surface area contributed by atoms with Gasteiger partial charge >= 0.3 is 0 Å². The summed E-state index contributed by atoms with van der Waals surface area (Å²) in [6.07, 6.45) is 12.9. The highest BCUT2D eigenvalue weighted by atomic mass is 16.3. The molecule has 2 rings (SSSR count). The summed E-state index contributed by atoms with van der Waals surface area (Å²) in [6.45, 7) is 6.44. The largest absolute Gasteiger partial charge is 0.402 e. The van der Waals surface area contributed by atoms with Crippen LogP contribution in [0.15, 0.2) is 75.1 Å². The Morgan fingerprint density at radius 1 is 1.33 bits per heavy atom. The van der Waals surface area contributed by atoms with Gasteiger partial charge in [-0.1, -0.05) is 13.8 Å². The molecule has 2 aliphatic rings. The number of allylic oxidation sites excluding steroid dienone is 7. The Bertz CT molecular complexity index is 894. The Labute approximate surface area is 177 Å². The molecule has 0 aromatic rings. The molecule has 8 heteroatoms. The first-order valence-corrected chi connectivity index (χ1v) is 9.88. The summed E-state index contributed by atoms with van der Waals surface area (Å²) in [6, 6.07) is 0. The number of hydrogen-bond acceptors (Lipinski definition) is 7. The van der Waals surface area contributed by atoms with Gasteiger partial charge in [0.05, 0.1) is 11.4 Å². The Balaban J connectivity index is 2.14. The summed E-state index contributed by atoms with van der Waals surface area (Å²) in [5.74, 6) is 1.03. The zero-order valence-electron chi connectivity index (χ0n) is 17.7. The number of amidine groups is 1. The fourth-order valence-electron chi connectivity index (χ4n) is 2.78. The number of nitrogens with zero attached hydrogens (tertiary/aromatic N) is 1. The molecule has 160 valence electrons. The number of aliphatic imine (C=N–C) groups is 1. The molecule has 0 aromatic heterocycles. The van der Waals surface area contributed by atoms with Gasteiger partial charge in [0.2, 0.25) is 0 Å². The summed E-state index contributed by atoms with van der Waals surface area (Å²) >= 11 is 0. The quantitative estimate of drug-likeness (QED) is 0.177. The molecular weight excluding hydrogens is 378 g/mol. The van der Waals surface area contributed by atoms with Crippen LogP contribution in [0.1, 0.15) is 27.2 Å². The number of dihydropyridines is 2. The first kappa shape index (κ1) is 22.9. The minimum atomic E-state index is 0.106. The van der Waals surface area contributed by atoms with Crippen molar-refractivity contribution in [3.05, 3.63) is 70.1 Å². The lowest BCUT2D eigenvalue weighted by Gasteiger charge is -2.25. The van der Waals surface area contributed by atoms with Crippen molar-refractivity contribution in [3.8, 4) is 0 Å². The number of rotatable bonds is 9. The van der Waals surface area contributed by atoms with Gasteiger partial charge in [0, 0.05) is 48.6 Å². The Morgan fingerprint density at radius 3 is 2.73 bits per heavy atom. The lowest BCUT2D eigenvalue weighted by molar-refractivity contribution is 0.291. The van der Waals surface area contributed by atoms with Gasteiger partial charge in [-0.2, -0.15) is 0 Å². The number of nitrogens with two attached hydrogens (primary N) is 1. The standard InChI is InChI=1S/C22H31N7O/c1-14(2)16(11-23)10-21(25)29-22-6-5-19-20(28-22)9-17(12-27-19)18(15(3)24)13-26-7-4-8-30/h5-6,9-14,23,27-28,30H,4,7-8,24H2,1-3H3,(H2,25,29). The highest BCUT2D eigenvalue weighted by molar-refractivity contribution is 5.97. The van der Waals surface area contributed by atoms with Crippen LogP contribution in [0.3, 0.4) is 0 Å². The number of aliphatic hydroxyl groups is 1. The molecule has 0 bridgehead atoms. The van der Waals surface area contributed by atoms with E-state index >= 15 is 0 Å². The molecule has 8 N–H and O–H groups in total. The third kappa shape index (κ3) is 6.31. The number of hydrogen-bond donors (Lipinski definition) is 7. The molecule has 0 saturated carbocycles. The zero-order valence-corrected chi connectivity index (χ0v) is 17.7. The van der Waals surface area contributed by atoms with Gasteiger partial charge in [-0.15, -0.1) is 0 Å². The van der Waals surface area contributed by atoms with Crippen LogP contribution < -0.4 is 21.7 Å². The van der Waals surface area contributed by atoms with Crippen molar-refractivity contribution in [1.29, 1.82) is 10.8 Å². The molecular formula is C22H31N7O. The maximum Gasteiger partial charge on any atom is 0.123 e. The third-order valence-electron chi connectivity index (χ3n) is 4.47. The summed E-state index contributed by atoms with van der Waals surface area (Å²) in [5.41, 5.74) is 10.9. The molecule has 30 heavy (non-hydrogen) atoms. The van der Waals surface area contributed by atoms with Crippen molar-refractivity contribution in [2.24, 2.45) is 16.6 Å². The topological polar surface area (TPSA) is 142 Å². The maximum absolute atomic E-state index is 8.90. The van der Waals surface area contributed by atoms with E-state index in [0.29, 0.717) is 24.5 Å². The van der Waals surface area contributed by atoms with Crippen LogP contribution in [-0.4, -0.2) is 36.5 Å². The van der Waals surface area contributed by atoms with Crippen LogP contribution in [0.5, 0.6) is 0 Å².